The van der Waals surface area contributed by atoms with Gasteiger partial charge in [-0.05, 0) is 37.1 Å². The van der Waals surface area contributed by atoms with Crippen LogP contribution in [0.5, 0.6) is 0 Å². The Morgan fingerprint density at radius 3 is 2.32 bits per heavy atom. The molecule has 2 rings (SSSR count). The van der Waals surface area contributed by atoms with E-state index >= 15 is 0 Å². The predicted octanol–water partition coefficient (Wildman–Crippen LogP) is 2.96. The summed E-state index contributed by atoms with van der Waals surface area (Å²) in [5, 5.41) is 12.0. The largest absolute Gasteiger partial charge is 0.325 e. The smallest absolute Gasteiger partial charge is 0.269 e. The van der Waals surface area contributed by atoms with Gasteiger partial charge in [-0.2, -0.15) is 0 Å². The van der Waals surface area contributed by atoms with Crippen molar-refractivity contribution >= 4 is 27.1 Å². The number of hydrogen-bond acceptors (Lipinski definition) is 5. The van der Waals surface area contributed by atoms with Crippen LogP contribution in [0.15, 0.2) is 53.4 Å². The molecule has 0 aromatic heterocycles. The first-order chi connectivity index (χ1) is 11.8. The Morgan fingerprint density at radius 2 is 1.76 bits per heavy atom. The monoisotopic (exact) mass is 362 g/mol. The normalized spacial score (nSPS) is 12.4. The van der Waals surface area contributed by atoms with Gasteiger partial charge in [0.25, 0.3) is 5.69 Å². The summed E-state index contributed by atoms with van der Waals surface area (Å²) in [6.07, 6.45) is 0.694. The van der Waals surface area contributed by atoms with Gasteiger partial charge in [0, 0.05) is 17.8 Å². The molecule has 0 heterocycles. The van der Waals surface area contributed by atoms with Crippen LogP contribution in [0.4, 0.5) is 11.4 Å². The standard InChI is InChI=1S/C17H18N2O5S/c1-3-13-6-4-5-7-16(13)18-17(20)12(2)25(23,24)15-10-8-14(9-11-15)19(21)22/h4-12H,3H2,1-2H3,(H,18,20)/t12-/m0/s1. The second kappa shape index (κ2) is 7.43. The Balaban J connectivity index is 2.23. The number of nitrogens with one attached hydrogen (secondary N) is 1. The molecule has 1 amide bonds. The predicted molar refractivity (Wildman–Crippen MR) is 94.2 cm³/mol. The number of amides is 1. The van der Waals surface area contributed by atoms with Gasteiger partial charge in [-0.3, -0.25) is 14.9 Å². The van der Waals surface area contributed by atoms with E-state index in [9.17, 15) is 23.3 Å². The van der Waals surface area contributed by atoms with Crippen molar-refractivity contribution in [2.75, 3.05) is 5.32 Å². The fraction of sp³-hybridized carbons (Fsp3) is 0.235. The van der Waals surface area contributed by atoms with Crippen LogP contribution in [-0.4, -0.2) is 24.5 Å². The number of carbonyl (C=O) groups excluding carboxylic acids is 1. The van der Waals surface area contributed by atoms with E-state index in [4.69, 9.17) is 0 Å². The number of nitrogens with zero attached hydrogens (tertiary/aromatic N) is 1. The molecule has 0 aliphatic heterocycles. The number of hydrogen-bond donors (Lipinski definition) is 1. The average molecular weight is 362 g/mol. The number of aryl methyl sites for hydroxylation is 1. The van der Waals surface area contributed by atoms with Crippen molar-refractivity contribution in [3.8, 4) is 0 Å². The molecule has 0 spiro atoms. The van der Waals surface area contributed by atoms with Crippen molar-refractivity contribution in [3.63, 3.8) is 0 Å². The van der Waals surface area contributed by atoms with Crippen LogP contribution in [-0.2, 0) is 21.1 Å². The minimum absolute atomic E-state index is 0.135. The van der Waals surface area contributed by atoms with Crippen LogP contribution < -0.4 is 5.32 Å². The molecule has 0 radical (unpaired) electrons. The number of sulfone groups is 1. The lowest BCUT2D eigenvalue weighted by atomic mass is 10.1. The third-order valence-electron chi connectivity index (χ3n) is 3.87. The van der Waals surface area contributed by atoms with Crippen LogP contribution in [0.3, 0.4) is 0 Å². The molecule has 0 bridgehead atoms. The highest BCUT2D eigenvalue weighted by atomic mass is 32.2. The van der Waals surface area contributed by atoms with Gasteiger partial charge in [-0.1, -0.05) is 25.1 Å². The van der Waals surface area contributed by atoms with Crippen LogP contribution in [0.1, 0.15) is 19.4 Å². The summed E-state index contributed by atoms with van der Waals surface area (Å²) in [4.78, 5) is 22.3. The Kier molecular flexibility index (Phi) is 5.53. The number of carbonyl (C=O) groups is 1. The van der Waals surface area contributed by atoms with E-state index in [0.29, 0.717) is 12.1 Å². The third-order valence-corrected chi connectivity index (χ3v) is 5.94. The Hall–Kier alpha value is -2.74. The van der Waals surface area contributed by atoms with Crippen molar-refractivity contribution in [2.24, 2.45) is 0 Å². The summed E-state index contributed by atoms with van der Waals surface area (Å²) >= 11 is 0. The summed E-state index contributed by atoms with van der Waals surface area (Å²) in [5.41, 5.74) is 1.25. The van der Waals surface area contributed by atoms with E-state index in [2.05, 4.69) is 5.32 Å². The summed E-state index contributed by atoms with van der Waals surface area (Å²) in [6, 6.07) is 11.6. The molecule has 2 aromatic carbocycles. The number of nitro groups is 1. The fourth-order valence-electron chi connectivity index (χ4n) is 2.29. The number of nitro benzene ring substituents is 1. The highest BCUT2D eigenvalue weighted by Gasteiger charge is 2.30. The molecule has 2 aromatic rings. The van der Waals surface area contributed by atoms with Crippen molar-refractivity contribution < 1.29 is 18.1 Å². The molecular formula is C17H18N2O5S. The molecule has 0 saturated carbocycles. The summed E-state index contributed by atoms with van der Waals surface area (Å²) in [6.45, 7) is 3.22. The topological polar surface area (TPSA) is 106 Å². The van der Waals surface area contributed by atoms with Gasteiger partial charge in [0.05, 0.1) is 9.82 Å². The molecule has 1 atom stereocenters. The van der Waals surface area contributed by atoms with E-state index in [1.807, 2.05) is 19.1 Å². The molecule has 0 saturated heterocycles. The minimum Gasteiger partial charge on any atom is -0.325 e. The maximum Gasteiger partial charge on any atom is 0.269 e. The van der Waals surface area contributed by atoms with E-state index in [-0.39, 0.29) is 10.6 Å². The lowest BCUT2D eigenvalue weighted by Gasteiger charge is -2.15. The zero-order chi connectivity index (χ0) is 18.6. The number of benzene rings is 2. The summed E-state index contributed by atoms with van der Waals surface area (Å²) in [7, 11) is -3.95. The maximum atomic E-state index is 12.6. The van der Waals surface area contributed by atoms with E-state index < -0.39 is 25.9 Å². The highest BCUT2D eigenvalue weighted by molar-refractivity contribution is 7.92. The fourth-order valence-corrected chi connectivity index (χ4v) is 3.55. The first-order valence-corrected chi connectivity index (χ1v) is 9.19. The van der Waals surface area contributed by atoms with Crippen LogP contribution >= 0.6 is 0 Å². The van der Waals surface area contributed by atoms with Crippen LogP contribution in [0.2, 0.25) is 0 Å². The molecule has 0 aliphatic rings. The maximum absolute atomic E-state index is 12.6. The average Bonchev–Trinajstić information content (AvgIpc) is 2.61. The molecular weight excluding hydrogens is 344 g/mol. The van der Waals surface area contributed by atoms with Gasteiger partial charge in [-0.25, -0.2) is 8.42 Å². The molecule has 25 heavy (non-hydrogen) atoms. The molecule has 0 fully saturated rings. The van der Waals surface area contributed by atoms with Gasteiger partial charge in [0.15, 0.2) is 9.84 Å². The van der Waals surface area contributed by atoms with Crippen molar-refractivity contribution in [1.29, 1.82) is 0 Å². The van der Waals surface area contributed by atoms with Gasteiger partial charge in [0.2, 0.25) is 5.91 Å². The zero-order valence-electron chi connectivity index (χ0n) is 13.8. The van der Waals surface area contributed by atoms with Crippen molar-refractivity contribution in [1.82, 2.24) is 0 Å². The van der Waals surface area contributed by atoms with Gasteiger partial charge < -0.3 is 5.32 Å². The van der Waals surface area contributed by atoms with Gasteiger partial charge in [-0.15, -0.1) is 0 Å². The molecule has 0 aliphatic carbocycles. The first kappa shape index (κ1) is 18.6. The van der Waals surface area contributed by atoms with E-state index in [0.717, 1.165) is 29.8 Å². The quantitative estimate of drug-likeness (QED) is 0.628. The second-order valence-electron chi connectivity index (χ2n) is 5.44. The summed E-state index contributed by atoms with van der Waals surface area (Å²) in [5.74, 6) is -0.653. The highest BCUT2D eigenvalue weighted by Crippen LogP contribution is 2.22. The van der Waals surface area contributed by atoms with Gasteiger partial charge in [0.1, 0.15) is 5.25 Å². The molecule has 7 nitrogen and oxygen atoms in total. The Bertz CT molecular complexity index is 892. The molecule has 8 heteroatoms. The Labute approximate surface area is 145 Å². The minimum atomic E-state index is -3.95. The number of para-hydroxylation sites is 1. The van der Waals surface area contributed by atoms with E-state index in [1.165, 1.54) is 6.92 Å². The van der Waals surface area contributed by atoms with Crippen LogP contribution in [0.25, 0.3) is 0 Å². The first-order valence-electron chi connectivity index (χ1n) is 7.64. The summed E-state index contributed by atoms with van der Waals surface area (Å²) < 4.78 is 25.1. The number of anilines is 1. The van der Waals surface area contributed by atoms with Gasteiger partial charge >= 0.3 is 0 Å². The lowest BCUT2D eigenvalue weighted by molar-refractivity contribution is -0.384. The number of rotatable bonds is 6. The van der Waals surface area contributed by atoms with Crippen molar-refractivity contribution in [2.45, 2.75) is 30.4 Å². The Morgan fingerprint density at radius 1 is 1.16 bits per heavy atom. The second-order valence-corrected chi connectivity index (χ2v) is 7.71. The van der Waals surface area contributed by atoms with E-state index in [1.54, 1.807) is 12.1 Å². The molecule has 0 unspecified atom stereocenters. The van der Waals surface area contributed by atoms with Crippen LogP contribution in [0, 0.1) is 10.1 Å². The SMILES string of the molecule is CCc1ccccc1NC(=O)[C@H](C)S(=O)(=O)c1ccc([N+](=O)[O-])cc1. The number of non-ortho nitro benzene ring substituents is 1. The zero-order valence-corrected chi connectivity index (χ0v) is 14.6. The lowest BCUT2D eigenvalue weighted by Crippen LogP contribution is -2.32. The third kappa shape index (κ3) is 4.03. The molecule has 132 valence electrons. The molecule has 1 N–H and O–H groups in total. The van der Waals surface area contributed by atoms with Crippen molar-refractivity contribution in [3.05, 3.63) is 64.2 Å².